The number of nitriles is 1. The highest BCUT2D eigenvalue weighted by Gasteiger charge is 2.04. The van der Waals surface area contributed by atoms with Crippen molar-refractivity contribution in [2.75, 3.05) is 10.6 Å². The summed E-state index contributed by atoms with van der Waals surface area (Å²) in [5.41, 5.74) is 3.37. The lowest BCUT2D eigenvalue weighted by Crippen LogP contribution is -2.34. The average Bonchev–Trinajstić information content (AvgIpc) is 2.54. The minimum Gasteiger partial charge on any atom is -0.380 e. The van der Waals surface area contributed by atoms with Crippen LogP contribution in [0.15, 0.2) is 46.9 Å². The van der Waals surface area contributed by atoms with Crippen molar-refractivity contribution in [1.82, 2.24) is 5.32 Å². The predicted molar refractivity (Wildman–Crippen MR) is 99.9 cm³/mol. The number of carbonyl (C=O) groups is 1. The van der Waals surface area contributed by atoms with E-state index in [1.54, 1.807) is 12.1 Å². The van der Waals surface area contributed by atoms with Crippen LogP contribution in [-0.4, -0.2) is 12.1 Å². The molecule has 0 aliphatic rings. The second kappa shape index (κ2) is 8.37. The summed E-state index contributed by atoms with van der Waals surface area (Å²) in [5.74, 6) is 0. The van der Waals surface area contributed by atoms with E-state index in [0.717, 1.165) is 21.4 Å². The Bertz CT molecular complexity index is 751. The molecule has 0 unspecified atom stereocenters. The second-order valence-electron chi connectivity index (χ2n) is 5.61. The molecule has 124 valence electrons. The van der Waals surface area contributed by atoms with Crippen LogP contribution in [0.25, 0.3) is 0 Å². The van der Waals surface area contributed by atoms with Crippen LogP contribution in [0.2, 0.25) is 0 Å². The molecule has 0 atom stereocenters. The van der Waals surface area contributed by atoms with Gasteiger partial charge in [-0.05, 0) is 65.7 Å². The van der Waals surface area contributed by atoms with E-state index in [0.29, 0.717) is 12.1 Å². The minimum atomic E-state index is -0.211. The molecule has 0 aliphatic carbocycles. The van der Waals surface area contributed by atoms with Crippen LogP contribution in [0.3, 0.4) is 0 Å². The van der Waals surface area contributed by atoms with E-state index in [4.69, 9.17) is 5.26 Å². The maximum Gasteiger partial charge on any atom is 0.319 e. The third-order valence-corrected chi connectivity index (χ3v) is 3.87. The van der Waals surface area contributed by atoms with Crippen LogP contribution < -0.4 is 16.0 Å². The van der Waals surface area contributed by atoms with Crippen LogP contribution >= 0.6 is 15.9 Å². The predicted octanol–water partition coefficient (Wildman–Crippen LogP) is 4.46. The van der Waals surface area contributed by atoms with Gasteiger partial charge in [0.25, 0.3) is 0 Å². The van der Waals surface area contributed by atoms with Crippen molar-refractivity contribution in [2.45, 2.75) is 26.4 Å². The molecular weight excluding hydrogens is 368 g/mol. The molecule has 0 saturated heterocycles. The number of halogens is 1. The number of urea groups is 1. The lowest BCUT2D eigenvalue weighted by Gasteiger charge is -2.11. The van der Waals surface area contributed by atoms with Gasteiger partial charge in [-0.2, -0.15) is 5.26 Å². The first-order valence-electron chi connectivity index (χ1n) is 7.58. The Kier molecular flexibility index (Phi) is 6.21. The molecule has 5 nitrogen and oxygen atoms in total. The van der Waals surface area contributed by atoms with Gasteiger partial charge in [0.1, 0.15) is 0 Å². The molecule has 2 amide bonds. The zero-order valence-electron chi connectivity index (χ0n) is 13.6. The fourth-order valence-corrected chi connectivity index (χ4v) is 2.58. The highest BCUT2D eigenvalue weighted by molar-refractivity contribution is 9.10. The summed E-state index contributed by atoms with van der Waals surface area (Å²) in [6.07, 6.45) is 0. The van der Waals surface area contributed by atoms with Crippen LogP contribution in [0.1, 0.15) is 25.0 Å². The summed E-state index contributed by atoms with van der Waals surface area (Å²) in [7, 11) is 0. The van der Waals surface area contributed by atoms with Crippen LogP contribution in [-0.2, 0) is 6.54 Å². The summed E-state index contributed by atoms with van der Waals surface area (Å²) in [6, 6.07) is 15.1. The fraction of sp³-hybridized carbons (Fsp3) is 0.222. The molecule has 0 radical (unpaired) electrons. The van der Waals surface area contributed by atoms with Crippen molar-refractivity contribution in [3.63, 3.8) is 0 Å². The Morgan fingerprint density at radius 1 is 1.21 bits per heavy atom. The smallest absolute Gasteiger partial charge is 0.319 e. The molecule has 6 heteroatoms. The lowest BCUT2D eigenvalue weighted by molar-refractivity contribution is 0.250. The number of hydrogen-bond donors (Lipinski definition) is 3. The minimum absolute atomic E-state index is 0.0966. The molecule has 0 fully saturated rings. The van der Waals surface area contributed by atoms with E-state index in [9.17, 15) is 4.79 Å². The van der Waals surface area contributed by atoms with Gasteiger partial charge in [0.15, 0.2) is 0 Å². The largest absolute Gasteiger partial charge is 0.380 e. The normalized spacial score (nSPS) is 10.1. The van der Waals surface area contributed by atoms with E-state index >= 15 is 0 Å². The Morgan fingerprint density at radius 3 is 2.50 bits per heavy atom. The number of carbonyl (C=O) groups excluding carboxylic acids is 1. The van der Waals surface area contributed by atoms with Crippen molar-refractivity contribution >= 4 is 33.3 Å². The van der Waals surface area contributed by atoms with Gasteiger partial charge >= 0.3 is 6.03 Å². The number of nitrogens with zero attached hydrogens (tertiary/aromatic N) is 1. The SMILES string of the molecule is CC(C)NC(=O)Nc1ccc(CNc2ccc(C#N)cc2Br)cc1. The highest BCUT2D eigenvalue weighted by atomic mass is 79.9. The quantitative estimate of drug-likeness (QED) is 0.709. The van der Waals surface area contributed by atoms with Gasteiger partial charge in [-0.25, -0.2) is 4.79 Å². The van der Waals surface area contributed by atoms with E-state index < -0.39 is 0 Å². The molecule has 0 bridgehead atoms. The van der Waals surface area contributed by atoms with Gasteiger partial charge < -0.3 is 16.0 Å². The topological polar surface area (TPSA) is 77.0 Å². The first kappa shape index (κ1) is 17.8. The number of nitrogens with one attached hydrogen (secondary N) is 3. The third-order valence-electron chi connectivity index (χ3n) is 3.21. The van der Waals surface area contributed by atoms with Crippen molar-refractivity contribution in [3.8, 4) is 6.07 Å². The molecule has 0 spiro atoms. The Morgan fingerprint density at radius 2 is 1.92 bits per heavy atom. The monoisotopic (exact) mass is 386 g/mol. The van der Waals surface area contributed by atoms with Gasteiger partial charge in [-0.3, -0.25) is 0 Å². The first-order valence-corrected chi connectivity index (χ1v) is 8.37. The maximum absolute atomic E-state index is 11.6. The number of anilines is 2. The molecule has 0 aliphatic heterocycles. The van der Waals surface area contributed by atoms with Crippen molar-refractivity contribution in [3.05, 3.63) is 58.1 Å². The summed E-state index contributed by atoms with van der Waals surface area (Å²) >= 11 is 3.45. The molecule has 2 rings (SSSR count). The number of amides is 2. The van der Waals surface area contributed by atoms with E-state index in [-0.39, 0.29) is 12.1 Å². The van der Waals surface area contributed by atoms with E-state index in [1.807, 2.05) is 44.2 Å². The Balaban J connectivity index is 1.92. The zero-order valence-corrected chi connectivity index (χ0v) is 15.1. The molecule has 24 heavy (non-hydrogen) atoms. The molecule has 0 heterocycles. The summed E-state index contributed by atoms with van der Waals surface area (Å²) in [6.45, 7) is 4.47. The molecule has 3 N–H and O–H groups in total. The van der Waals surface area contributed by atoms with E-state index in [2.05, 4.69) is 37.9 Å². The van der Waals surface area contributed by atoms with Crippen molar-refractivity contribution in [1.29, 1.82) is 5.26 Å². The molecule has 0 saturated carbocycles. The first-order chi connectivity index (χ1) is 11.5. The molecular formula is C18H19BrN4O. The van der Waals surface area contributed by atoms with E-state index in [1.165, 1.54) is 0 Å². The van der Waals surface area contributed by atoms with Crippen LogP contribution in [0.5, 0.6) is 0 Å². The summed E-state index contributed by atoms with van der Waals surface area (Å²) < 4.78 is 0.852. The summed E-state index contributed by atoms with van der Waals surface area (Å²) in [5, 5.41) is 17.7. The van der Waals surface area contributed by atoms with Crippen LogP contribution in [0, 0.1) is 11.3 Å². The maximum atomic E-state index is 11.6. The number of benzene rings is 2. The molecule has 2 aromatic rings. The molecule has 0 aromatic heterocycles. The Hall–Kier alpha value is -2.52. The van der Waals surface area contributed by atoms with Gasteiger partial charge in [-0.1, -0.05) is 12.1 Å². The number of hydrogen-bond acceptors (Lipinski definition) is 3. The van der Waals surface area contributed by atoms with Gasteiger partial charge in [0.05, 0.1) is 11.6 Å². The standard InChI is InChI=1S/C18H19BrN4O/c1-12(2)22-18(24)23-15-6-3-13(4-7-15)11-21-17-8-5-14(10-20)9-16(17)19/h3-9,12,21H,11H2,1-2H3,(H2,22,23,24). The lowest BCUT2D eigenvalue weighted by atomic mass is 10.2. The second-order valence-corrected chi connectivity index (χ2v) is 6.46. The third kappa shape index (κ3) is 5.28. The van der Waals surface area contributed by atoms with Crippen molar-refractivity contribution in [2.24, 2.45) is 0 Å². The summed E-state index contributed by atoms with van der Waals surface area (Å²) in [4.78, 5) is 11.6. The van der Waals surface area contributed by atoms with Gasteiger partial charge in [0, 0.05) is 28.4 Å². The zero-order chi connectivity index (χ0) is 17.5. The van der Waals surface area contributed by atoms with Crippen LogP contribution in [0.4, 0.5) is 16.2 Å². The highest BCUT2D eigenvalue weighted by Crippen LogP contribution is 2.24. The fourth-order valence-electron chi connectivity index (χ4n) is 2.06. The molecule has 2 aromatic carbocycles. The Labute approximate surface area is 150 Å². The van der Waals surface area contributed by atoms with Crippen molar-refractivity contribution < 1.29 is 4.79 Å². The van der Waals surface area contributed by atoms with Gasteiger partial charge in [0.2, 0.25) is 0 Å². The van der Waals surface area contributed by atoms with Gasteiger partial charge in [-0.15, -0.1) is 0 Å². The average molecular weight is 387 g/mol. The number of rotatable bonds is 5.